The maximum atomic E-state index is 16.1. The number of aliphatic imine (C=N–C) groups is 1. The number of amides is 3. The summed E-state index contributed by atoms with van der Waals surface area (Å²) in [5.41, 5.74) is -2.51. The molecule has 2 aromatic rings. The Morgan fingerprint density at radius 2 is 1.98 bits per heavy atom. The number of piperidine rings is 1. The van der Waals surface area contributed by atoms with Gasteiger partial charge in [-0.05, 0) is 44.0 Å². The first-order valence-corrected chi connectivity index (χ1v) is 15.3. The lowest BCUT2D eigenvalue weighted by Gasteiger charge is -2.43. The number of carbonyl (C=O) groups excluding carboxylic acids is 3. The molecule has 18 heteroatoms. The van der Waals surface area contributed by atoms with Crippen molar-refractivity contribution in [3.05, 3.63) is 64.1 Å². The number of aromatic nitrogens is 1. The highest BCUT2D eigenvalue weighted by molar-refractivity contribution is 9.09. The molecule has 1 aromatic carbocycles. The highest BCUT2D eigenvalue weighted by Crippen LogP contribution is 2.45. The highest BCUT2D eigenvalue weighted by Gasteiger charge is 2.57. The molecule has 0 aliphatic carbocycles. The average Bonchev–Trinajstić information content (AvgIpc) is 3.32. The Balaban J connectivity index is 0.00000142. The van der Waals surface area contributed by atoms with Gasteiger partial charge in [0.05, 0.1) is 45.6 Å². The molecule has 3 heterocycles. The minimum absolute atomic E-state index is 0.0653. The minimum Gasteiger partial charge on any atom is -0.505 e. The van der Waals surface area contributed by atoms with Crippen molar-refractivity contribution in [3.63, 3.8) is 0 Å². The monoisotopic (exact) mass is 747 g/mol. The Hall–Kier alpha value is -4.09. The number of hydrogen-bond donors (Lipinski definition) is 3. The van der Waals surface area contributed by atoms with E-state index in [1.165, 1.54) is 25.4 Å². The van der Waals surface area contributed by atoms with Gasteiger partial charge in [-0.1, -0.05) is 27.5 Å². The predicted molar refractivity (Wildman–Crippen MR) is 170 cm³/mol. The fraction of sp³-hybridized carbons (Fsp3) is 0.379. The molecule has 0 bridgehead atoms. The number of anilines is 1. The van der Waals surface area contributed by atoms with Crippen molar-refractivity contribution in [1.29, 1.82) is 0 Å². The quantitative estimate of drug-likeness (QED) is 0.119. The molecule has 0 radical (unpaired) electrons. The van der Waals surface area contributed by atoms with Crippen LogP contribution in [-0.4, -0.2) is 101 Å². The molecule has 1 spiro atoms. The molecule has 1 saturated heterocycles. The summed E-state index contributed by atoms with van der Waals surface area (Å²) in [5.74, 6) is -2.87. The molecule has 0 saturated carbocycles. The van der Waals surface area contributed by atoms with E-state index >= 15 is 4.39 Å². The first kappa shape index (κ1) is 37.4. The van der Waals surface area contributed by atoms with Gasteiger partial charge in [0.25, 0.3) is 11.8 Å². The van der Waals surface area contributed by atoms with E-state index in [0.717, 1.165) is 17.0 Å². The summed E-state index contributed by atoms with van der Waals surface area (Å²) >= 11 is 8.93. The van der Waals surface area contributed by atoms with E-state index in [1.54, 1.807) is 6.92 Å². The second kappa shape index (κ2) is 15.7. The number of likely N-dealkylation sites (tertiary alicyclic amines) is 1. The molecule has 254 valence electrons. The standard InChI is InChI=1S/C27H27ClF4N6O5.C2H4BrN/c1-14-22(33-2)21(26(43-14)8-10-37(12-19(26)29)25(42)23-18(39)5-4-9-35-23)24(41)38(34-3)13-20(40)36-17-7-6-15(11-16(17)28)27(30,31)32;1-4-2-3/h4-7,9,11,14,19,33,39H,3,8,10,12-13H2,1-2H3,(H,36,40);1-2H2. The summed E-state index contributed by atoms with van der Waals surface area (Å²) < 4.78 is 61.0. The van der Waals surface area contributed by atoms with Crippen LogP contribution in [0, 0.1) is 0 Å². The van der Waals surface area contributed by atoms with Crippen molar-refractivity contribution in [3.8, 4) is 5.75 Å². The molecule has 3 unspecified atom stereocenters. The van der Waals surface area contributed by atoms with Crippen LogP contribution in [0.2, 0.25) is 5.02 Å². The number of hydrazone groups is 1. The Morgan fingerprint density at radius 3 is 2.51 bits per heavy atom. The number of ether oxygens (including phenoxy) is 1. The third-order valence-electron chi connectivity index (χ3n) is 7.24. The Morgan fingerprint density at radius 1 is 1.30 bits per heavy atom. The topological polar surface area (TPSA) is 149 Å². The molecule has 3 atom stereocenters. The van der Waals surface area contributed by atoms with E-state index in [0.29, 0.717) is 16.5 Å². The van der Waals surface area contributed by atoms with Crippen LogP contribution in [0.3, 0.4) is 0 Å². The number of nitrogens with zero attached hydrogens (tertiary/aromatic N) is 5. The van der Waals surface area contributed by atoms with E-state index in [1.807, 2.05) is 0 Å². The first-order chi connectivity index (χ1) is 22.1. The molecule has 2 aliphatic heterocycles. The summed E-state index contributed by atoms with van der Waals surface area (Å²) in [4.78, 5) is 47.9. The zero-order valence-corrected chi connectivity index (χ0v) is 27.5. The van der Waals surface area contributed by atoms with Gasteiger partial charge >= 0.3 is 6.18 Å². The summed E-state index contributed by atoms with van der Waals surface area (Å²) in [6.07, 6.45) is -6.20. The fourth-order valence-corrected chi connectivity index (χ4v) is 5.35. The number of pyridine rings is 1. The number of nitrogens with one attached hydrogen (secondary N) is 2. The van der Waals surface area contributed by atoms with Crippen molar-refractivity contribution in [2.24, 2.45) is 10.1 Å². The summed E-state index contributed by atoms with van der Waals surface area (Å²) in [6.45, 7) is 6.80. The number of hydrogen-bond acceptors (Lipinski definition) is 9. The number of aromatic hydroxyl groups is 1. The van der Waals surface area contributed by atoms with Gasteiger partial charge < -0.3 is 25.4 Å². The normalized spacial score (nSPS) is 20.6. The molecule has 2 aliphatic rings. The number of halogens is 6. The largest absolute Gasteiger partial charge is 0.505 e. The highest BCUT2D eigenvalue weighted by atomic mass is 79.9. The Kier molecular flexibility index (Phi) is 12.5. The van der Waals surface area contributed by atoms with Gasteiger partial charge in [0.2, 0.25) is 5.91 Å². The van der Waals surface area contributed by atoms with Gasteiger partial charge in [0.1, 0.15) is 17.9 Å². The van der Waals surface area contributed by atoms with E-state index in [2.05, 4.69) is 55.1 Å². The number of benzene rings is 1. The molecule has 1 aromatic heterocycles. The van der Waals surface area contributed by atoms with Gasteiger partial charge in [-0.2, -0.15) is 18.3 Å². The van der Waals surface area contributed by atoms with Crippen molar-refractivity contribution in [2.45, 2.75) is 37.4 Å². The molecule has 3 amide bonds. The van der Waals surface area contributed by atoms with Gasteiger partial charge in [-0.25, -0.2) is 14.4 Å². The number of carbonyl (C=O) groups is 3. The lowest BCUT2D eigenvalue weighted by Crippen LogP contribution is -2.58. The second-order valence-electron chi connectivity index (χ2n) is 10.1. The molecule has 1 fully saturated rings. The molecule has 3 N–H and O–H groups in total. The number of alkyl halides is 5. The molecule has 47 heavy (non-hydrogen) atoms. The lowest BCUT2D eigenvalue weighted by molar-refractivity contribution is -0.139. The van der Waals surface area contributed by atoms with Crippen molar-refractivity contribution in [2.75, 3.05) is 37.5 Å². The Labute approximate surface area is 280 Å². The predicted octanol–water partition coefficient (Wildman–Crippen LogP) is 4.40. The second-order valence-corrected chi connectivity index (χ2v) is 11.0. The smallest absolute Gasteiger partial charge is 0.416 e. The van der Waals surface area contributed by atoms with Gasteiger partial charge in [-0.15, -0.1) is 0 Å². The van der Waals surface area contributed by atoms with Gasteiger partial charge in [0, 0.05) is 32.9 Å². The SMILES string of the molecule is C=NCBr.C=NN(CC(=O)Nc1ccc(C(F)(F)F)cc1Cl)C(=O)C1=C(NC)C(C)OC12CCN(C(=O)c1ncccc1O)CC2F. The molecular formula is C29H31BrClF4N7O5. The zero-order valence-electron chi connectivity index (χ0n) is 25.2. The number of likely N-dealkylation sites (N-methyl/N-ethyl adjacent to an activating group) is 1. The first-order valence-electron chi connectivity index (χ1n) is 13.8. The van der Waals surface area contributed by atoms with Gasteiger partial charge in [-0.3, -0.25) is 19.4 Å². The van der Waals surface area contributed by atoms with Crippen LogP contribution in [0.25, 0.3) is 0 Å². The van der Waals surface area contributed by atoms with Crippen LogP contribution < -0.4 is 10.6 Å². The van der Waals surface area contributed by atoms with Crippen LogP contribution in [0.15, 0.2) is 57.9 Å². The Bertz CT molecular complexity index is 1560. The summed E-state index contributed by atoms with van der Waals surface area (Å²) in [5, 5.41) is 19.1. The molecular weight excluding hydrogens is 718 g/mol. The lowest BCUT2D eigenvalue weighted by atomic mass is 9.81. The van der Waals surface area contributed by atoms with E-state index in [-0.39, 0.29) is 46.4 Å². The number of rotatable bonds is 8. The maximum absolute atomic E-state index is 16.1. The van der Waals surface area contributed by atoms with Crippen LogP contribution in [-0.2, 0) is 20.5 Å². The maximum Gasteiger partial charge on any atom is 0.416 e. The van der Waals surface area contributed by atoms with Crippen molar-refractivity contribution in [1.82, 2.24) is 20.2 Å². The third-order valence-corrected chi connectivity index (χ3v) is 7.91. The van der Waals surface area contributed by atoms with E-state index < -0.39 is 60.4 Å². The van der Waals surface area contributed by atoms with Crippen molar-refractivity contribution >= 4 is 64.4 Å². The van der Waals surface area contributed by atoms with E-state index in [4.69, 9.17) is 16.3 Å². The van der Waals surface area contributed by atoms with Crippen molar-refractivity contribution < 1.29 is 41.8 Å². The van der Waals surface area contributed by atoms with Crippen LogP contribution in [0.5, 0.6) is 5.75 Å². The van der Waals surface area contributed by atoms with Crippen LogP contribution in [0.1, 0.15) is 29.4 Å². The minimum atomic E-state index is -4.64. The van der Waals surface area contributed by atoms with Crippen LogP contribution in [0.4, 0.5) is 23.2 Å². The average molecular weight is 749 g/mol. The summed E-state index contributed by atoms with van der Waals surface area (Å²) in [6, 6.07) is 5.05. The fourth-order valence-electron chi connectivity index (χ4n) is 5.12. The van der Waals surface area contributed by atoms with E-state index in [9.17, 15) is 32.7 Å². The molecule has 12 nitrogen and oxygen atoms in total. The molecule has 4 rings (SSSR count). The van der Waals surface area contributed by atoms with Gasteiger partial charge in [0.15, 0.2) is 11.9 Å². The van der Waals surface area contributed by atoms with Crippen LogP contribution >= 0.6 is 27.5 Å². The third kappa shape index (κ3) is 8.26. The zero-order chi connectivity index (χ0) is 35.1. The summed E-state index contributed by atoms with van der Waals surface area (Å²) in [7, 11) is 1.50.